The van der Waals surface area contributed by atoms with Crippen LogP contribution in [0.5, 0.6) is 0 Å². The summed E-state index contributed by atoms with van der Waals surface area (Å²) in [6, 6.07) is 10.7. The van der Waals surface area contributed by atoms with Crippen LogP contribution in [0.3, 0.4) is 0 Å². The van der Waals surface area contributed by atoms with Crippen LogP contribution < -0.4 is 0 Å². The molecule has 0 aromatic heterocycles. The predicted octanol–water partition coefficient (Wildman–Crippen LogP) is 3.03. The van der Waals surface area contributed by atoms with Crippen LogP contribution in [0.15, 0.2) is 40.7 Å². The van der Waals surface area contributed by atoms with Gasteiger partial charge >= 0.3 is 13.7 Å². The maximum Gasteiger partial charge on any atom is 0.461 e. The molecule has 7 nitrogen and oxygen atoms in total. The Bertz CT molecular complexity index is 727. The van der Waals surface area contributed by atoms with E-state index in [2.05, 4.69) is 25.7 Å². The van der Waals surface area contributed by atoms with Gasteiger partial charge in [-0.15, -0.1) is 4.76 Å². The van der Waals surface area contributed by atoms with Crippen molar-refractivity contribution in [2.24, 2.45) is 4.76 Å². The highest BCUT2D eigenvalue weighted by Crippen LogP contribution is 2.47. The van der Waals surface area contributed by atoms with E-state index in [0.717, 1.165) is 14.2 Å². The predicted molar refractivity (Wildman–Crippen MR) is 88.6 cm³/mol. The van der Waals surface area contributed by atoms with E-state index in [9.17, 15) is 14.6 Å². The lowest BCUT2D eigenvalue weighted by molar-refractivity contribution is -0.138. The second kappa shape index (κ2) is 8.58. The Balaban J connectivity index is 3.59. The number of ether oxygens (including phenoxy) is 1. The van der Waals surface area contributed by atoms with E-state index in [-0.39, 0.29) is 12.2 Å². The molecular weight excluding hydrogens is 331 g/mol. The molecule has 0 N–H and O–H groups in total. The highest BCUT2D eigenvalue weighted by molar-refractivity contribution is 7.52. The number of hydrogen-bond donors (Lipinski definition) is 0. The van der Waals surface area contributed by atoms with E-state index in [1.165, 1.54) is 6.92 Å². The minimum Gasteiger partial charge on any atom is -0.462 e. The van der Waals surface area contributed by atoms with E-state index < -0.39 is 19.1 Å². The van der Waals surface area contributed by atoms with Gasteiger partial charge in [-0.05, 0) is 19.4 Å². The summed E-state index contributed by atoms with van der Waals surface area (Å²) in [5.41, 5.74) is -1.04. The smallest absolute Gasteiger partial charge is 0.461 e. The van der Waals surface area contributed by atoms with Crippen LogP contribution in [0.4, 0.5) is 0 Å². The molecule has 0 fully saturated rings. The molecule has 0 aliphatic rings. The average Bonchev–Trinajstić information content (AvgIpc) is 2.62. The highest BCUT2D eigenvalue weighted by atomic mass is 31.2. The van der Waals surface area contributed by atoms with Gasteiger partial charge in [0.2, 0.25) is 0 Å². The molecule has 0 amide bonds. The third kappa shape index (κ3) is 4.41. The van der Waals surface area contributed by atoms with Crippen LogP contribution in [0.25, 0.3) is 0 Å². The maximum absolute atomic E-state index is 12.3. The quantitative estimate of drug-likeness (QED) is 0.324. The van der Waals surface area contributed by atoms with Crippen molar-refractivity contribution in [2.45, 2.75) is 19.3 Å². The Kier molecular flexibility index (Phi) is 7.09. The average molecular weight is 350 g/mol. The lowest BCUT2D eigenvalue weighted by atomic mass is 9.77. The number of nitrogens with zero attached hydrogens (tertiary/aromatic N) is 2. The zero-order valence-electron chi connectivity index (χ0n) is 14.0. The molecule has 0 heterocycles. The minimum atomic E-state index is -3.79. The van der Waals surface area contributed by atoms with Crippen molar-refractivity contribution < 1.29 is 23.1 Å². The third-order valence-electron chi connectivity index (χ3n) is 3.30. The molecule has 1 aromatic carbocycles. The molecule has 1 aromatic rings. The number of hydrogen-bond acceptors (Lipinski definition) is 6. The van der Waals surface area contributed by atoms with Gasteiger partial charge in [-0.1, -0.05) is 30.3 Å². The third-order valence-corrected chi connectivity index (χ3v) is 4.57. The number of carbonyl (C=O) groups is 1. The number of rotatable bonds is 7. The zero-order chi connectivity index (χ0) is 18.2. The lowest BCUT2D eigenvalue weighted by Gasteiger charge is -2.22. The summed E-state index contributed by atoms with van der Waals surface area (Å²) < 4.78 is 30.0. The van der Waals surface area contributed by atoms with Gasteiger partial charge in [0.05, 0.1) is 12.7 Å². The monoisotopic (exact) mass is 350 g/mol. The van der Waals surface area contributed by atoms with E-state index in [0.29, 0.717) is 5.56 Å². The van der Waals surface area contributed by atoms with Gasteiger partial charge in [0.25, 0.3) is 0 Å². The molecule has 1 atom stereocenters. The molecule has 0 aliphatic heterocycles. The first-order valence-corrected chi connectivity index (χ1v) is 8.57. The van der Waals surface area contributed by atoms with Gasteiger partial charge in [-0.3, -0.25) is 9.05 Å². The Morgan fingerprint density at radius 1 is 1.29 bits per heavy atom. The van der Waals surface area contributed by atoms with Crippen LogP contribution in [-0.2, 0) is 28.6 Å². The van der Waals surface area contributed by atoms with Crippen LogP contribution in [0.1, 0.15) is 19.4 Å². The largest absolute Gasteiger partial charge is 0.462 e. The highest BCUT2D eigenvalue weighted by Gasteiger charge is 2.37. The summed E-state index contributed by atoms with van der Waals surface area (Å²) in [4.78, 5) is 12.3. The van der Waals surface area contributed by atoms with Crippen LogP contribution in [-0.4, -0.2) is 32.7 Å². The standard InChI is InChI=1S/C16H19N2O5P/c1-5-23-15(19)14(11-18-24(20,21-3)22-4)16(2,12-17)13-9-7-6-8-10-13/h6-10H,5H2,1-4H3. The summed E-state index contributed by atoms with van der Waals surface area (Å²) in [5, 5.41) is 9.68. The molecule has 0 saturated carbocycles. The molecule has 0 bridgehead atoms. The van der Waals surface area contributed by atoms with Crippen LogP contribution in [0.2, 0.25) is 0 Å². The first kappa shape index (κ1) is 19.8. The fourth-order valence-corrected chi connectivity index (χ4v) is 2.40. The molecule has 1 rings (SSSR count). The van der Waals surface area contributed by atoms with Crippen molar-refractivity contribution in [2.75, 3.05) is 20.8 Å². The maximum atomic E-state index is 12.3. The molecule has 128 valence electrons. The normalized spacial score (nSPS) is 13.1. The summed E-state index contributed by atoms with van der Waals surface area (Å²) in [5.74, 6) is 1.58. The van der Waals surface area contributed by atoms with E-state index in [1.807, 2.05) is 0 Å². The topological polar surface area (TPSA) is 98.0 Å². The fraction of sp³-hybridized carbons (Fsp3) is 0.375. The van der Waals surface area contributed by atoms with Gasteiger partial charge in [0, 0.05) is 20.1 Å². The van der Waals surface area contributed by atoms with Gasteiger partial charge < -0.3 is 4.74 Å². The fourth-order valence-electron chi connectivity index (χ4n) is 1.87. The van der Waals surface area contributed by atoms with Crippen molar-refractivity contribution >= 4 is 19.6 Å². The summed E-state index contributed by atoms with van der Waals surface area (Å²) >= 11 is 0. The van der Waals surface area contributed by atoms with Crippen molar-refractivity contribution in [1.82, 2.24) is 0 Å². The Morgan fingerprint density at radius 2 is 1.88 bits per heavy atom. The molecule has 24 heavy (non-hydrogen) atoms. The van der Waals surface area contributed by atoms with E-state index in [4.69, 9.17) is 4.74 Å². The van der Waals surface area contributed by atoms with Crippen molar-refractivity contribution in [3.05, 3.63) is 41.5 Å². The molecule has 1 unspecified atom stereocenters. The Morgan fingerprint density at radius 3 is 2.33 bits per heavy atom. The molecule has 8 heteroatoms. The molecule has 0 spiro atoms. The first-order chi connectivity index (χ1) is 11.4. The number of benzene rings is 1. The van der Waals surface area contributed by atoms with Crippen LogP contribution in [0, 0.1) is 11.3 Å². The first-order valence-electron chi connectivity index (χ1n) is 7.08. The van der Waals surface area contributed by atoms with Crippen molar-refractivity contribution in [3.63, 3.8) is 0 Å². The zero-order valence-corrected chi connectivity index (χ0v) is 14.9. The number of carbonyl (C=O) groups excluding carboxylic acids is 1. The number of esters is 1. The second-order valence-corrected chi connectivity index (χ2v) is 6.61. The SMILES string of the molecule is CCOC(=O)C(=C=NP(=O)(OC)OC)C(C)(C#N)c1ccccc1. The lowest BCUT2D eigenvalue weighted by Crippen LogP contribution is -2.29. The van der Waals surface area contributed by atoms with E-state index in [1.54, 1.807) is 37.3 Å². The molecule has 0 aliphatic carbocycles. The van der Waals surface area contributed by atoms with Crippen molar-refractivity contribution in [3.8, 4) is 6.07 Å². The summed E-state index contributed by atoms with van der Waals surface area (Å²) in [7, 11) is -1.48. The second-order valence-electron chi connectivity index (χ2n) is 4.74. The summed E-state index contributed by atoms with van der Waals surface area (Å²) in [6.07, 6.45) is 0. The van der Waals surface area contributed by atoms with Gasteiger partial charge in [0.1, 0.15) is 11.0 Å². The Labute approximate surface area is 141 Å². The molecule has 0 saturated heterocycles. The van der Waals surface area contributed by atoms with Gasteiger partial charge in [-0.2, -0.15) is 5.26 Å². The molecular formula is C16H19N2O5P. The summed E-state index contributed by atoms with van der Waals surface area (Å²) in [6.45, 7) is 3.27. The number of nitriles is 1. The molecule has 0 radical (unpaired) electrons. The van der Waals surface area contributed by atoms with Gasteiger partial charge in [-0.25, -0.2) is 9.36 Å². The van der Waals surface area contributed by atoms with E-state index >= 15 is 0 Å². The Hall–Kier alpha value is -2.22. The van der Waals surface area contributed by atoms with Crippen LogP contribution >= 0.6 is 7.75 Å². The van der Waals surface area contributed by atoms with Gasteiger partial charge in [0.15, 0.2) is 0 Å². The minimum absolute atomic E-state index is 0.104. The van der Waals surface area contributed by atoms with Crippen molar-refractivity contribution in [1.29, 1.82) is 5.26 Å².